The number of aryl methyl sites for hydroxylation is 1. The first-order valence-corrected chi connectivity index (χ1v) is 5.77. The Morgan fingerprint density at radius 2 is 2.38 bits per heavy atom. The Balaban J connectivity index is 1.97. The predicted octanol–water partition coefficient (Wildman–Crippen LogP) is 1.27. The van der Waals surface area contributed by atoms with Crippen LogP contribution in [0, 0.1) is 6.92 Å². The van der Waals surface area contributed by atoms with Gasteiger partial charge in [0, 0.05) is 12.6 Å². The summed E-state index contributed by atoms with van der Waals surface area (Å²) in [4.78, 5) is 2.28. The molecule has 1 saturated heterocycles. The highest BCUT2D eigenvalue weighted by molar-refractivity contribution is 5.19. The molecule has 0 bridgehead atoms. The van der Waals surface area contributed by atoms with Gasteiger partial charge < -0.3 is 14.9 Å². The molecule has 1 unspecified atom stereocenters. The molecule has 0 radical (unpaired) electrons. The molecule has 0 amide bonds. The molecule has 0 spiro atoms. The molecule has 1 aliphatic rings. The number of nitrogens with two attached hydrogens (primary N) is 1. The van der Waals surface area contributed by atoms with Gasteiger partial charge in [-0.15, -0.1) is 0 Å². The van der Waals surface area contributed by atoms with E-state index in [1.165, 1.54) is 0 Å². The number of furan rings is 1. The molecule has 4 nitrogen and oxygen atoms in total. The summed E-state index contributed by atoms with van der Waals surface area (Å²) in [6.07, 6.45) is 1.11. The van der Waals surface area contributed by atoms with Gasteiger partial charge in [0.05, 0.1) is 19.7 Å². The van der Waals surface area contributed by atoms with Crippen molar-refractivity contribution in [3.8, 4) is 0 Å². The van der Waals surface area contributed by atoms with Crippen LogP contribution in [-0.2, 0) is 17.8 Å². The third-order valence-corrected chi connectivity index (χ3v) is 3.19. The maximum Gasteiger partial charge on any atom is 0.120 e. The van der Waals surface area contributed by atoms with Crippen LogP contribution in [0.5, 0.6) is 0 Å². The smallest absolute Gasteiger partial charge is 0.120 e. The van der Waals surface area contributed by atoms with Crippen molar-refractivity contribution in [1.82, 2.24) is 4.90 Å². The summed E-state index contributed by atoms with van der Waals surface area (Å²) >= 11 is 0. The quantitative estimate of drug-likeness (QED) is 0.836. The lowest BCUT2D eigenvalue weighted by molar-refractivity contribution is 0.151. The van der Waals surface area contributed by atoms with E-state index in [4.69, 9.17) is 14.9 Å². The van der Waals surface area contributed by atoms with Crippen molar-refractivity contribution in [3.63, 3.8) is 0 Å². The lowest BCUT2D eigenvalue weighted by Crippen LogP contribution is -2.31. The summed E-state index contributed by atoms with van der Waals surface area (Å²) in [6, 6.07) is 2.60. The molecule has 1 aromatic rings. The summed E-state index contributed by atoms with van der Waals surface area (Å²) in [5.74, 6) is 1.89. The van der Waals surface area contributed by atoms with Gasteiger partial charge in [0.2, 0.25) is 0 Å². The number of ether oxygens (including phenoxy) is 1. The molecular formula is C12H20N2O2. The Hall–Kier alpha value is -0.840. The molecule has 0 aromatic carbocycles. The molecule has 90 valence electrons. The number of hydrogen-bond donors (Lipinski definition) is 1. The second-order valence-electron chi connectivity index (χ2n) is 4.46. The van der Waals surface area contributed by atoms with Gasteiger partial charge in [-0.1, -0.05) is 0 Å². The number of rotatable bonds is 4. The van der Waals surface area contributed by atoms with Gasteiger partial charge in [-0.05, 0) is 32.0 Å². The van der Waals surface area contributed by atoms with Crippen molar-refractivity contribution >= 4 is 0 Å². The molecule has 2 heterocycles. The van der Waals surface area contributed by atoms with Gasteiger partial charge in [-0.2, -0.15) is 0 Å². The van der Waals surface area contributed by atoms with Crippen LogP contribution in [0.4, 0.5) is 0 Å². The van der Waals surface area contributed by atoms with E-state index < -0.39 is 0 Å². The largest absolute Gasteiger partial charge is 0.463 e. The van der Waals surface area contributed by atoms with E-state index in [-0.39, 0.29) is 0 Å². The van der Waals surface area contributed by atoms with Crippen LogP contribution in [-0.4, -0.2) is 31.2 Å². The molecule has 0 saturated carbocycles. The fourth-order valence-electron chi connectivity index (χ4n) is 2.12. The van der Waals surface area contributed by atoms with E-state index >= 15 is 0 Å². The monoisotopic (exact) mass is 224 g/mol. The maximum absolute atomic E-state index is 5.69. The minimum atomic E-state index is 0.474. The van der Waals surface area contributed by atoms with Crippen LogP contribution in [0.3, 0.4) is 0 Å². The van der Waals surface area contributed by atoms with Crippen LogP contribution in [0.1, 0.15) is 23.5 Å². The number of hydrogen-bond acceptors (Lipinski definition) is 4. The van der Waals surface area contributed by atoms with Crippen molar-refractivity contribution in [3.05, 3.63) is 23.2 Å². The van der Waals surface area contributed by atoms with Crippen LogP contribution >= 0.6 is 0 Å². The second-order valence-corrected chi connectivity index (χ2v) is 4.46. The van der Waals surface area contributed by atoms with Crippen molar-refractivity contribution in [2.24, 2.45) is 5.73 Å². The summed E-state index contributed by atoms with van der Waals surface area (Å²) in [5.41, 5.74) is 6.74. The van der Waals surface area contributed by atoms with Crippen molar-refractivity contribution < 1.29 is 9.15 Å². The van der Waals surface area contributed by atoms with Gasteiger partial charge in [-0.25, -0.2) is 0 Å². The molecule has 1 atom stereocenters. The van der Waals surface area contributed by atoms with Crippen LogP contribution < -0.4 is 5.73 Å². The van der Waals surface area contributed by atoms with Gasteiger partial charge in [0.25, 0.3) is 0 Å². The minimum Gasteiger partial charge on any atom is -0.463 e. The van der Waals surface area contributed by atoms with Gasteiger partial charge in [0.1, 0.15) is 11.5 Å². The Labute approximate surface area is 96.4 Å². The van der Waals surface area contributed by atoms with E-state index in [0.717, 1.165) is 43.3 Å². The highest BCUT2D eigenvalue weighted by atomic mass is 16.5. The number of likely N-dealkylation sites (N-methyl/N-ethyl adjacent to an activating group) is 1. The molecule has 4 heteroatoms. The predicted molar refractivity (Wildman–Crippen MR) is 62.0 cm³/mol. The lowest BCUT2D eigenvalue weighted by Gasteiger charge is -2.21. The Kier molecular flexibility index (Phi) is 3.63. The lowest BCUT2D eigenvalue weighted by atomic mass is 10.2. The Morgan fingerprint density at radius 3 is 2.94 bits per heavy atom. The normalized spacial score (nSPS) is 20.9. The van der Waals surface area contributed by atoms with Gasteiger partial charge >= 0.3 is 0 Å². The van der Waals surface area contributed by atoms with Crippen LogP contribution in [0.15, 0.2) is 10.5 Å². The standard InChI is InChI=1S/C12H20N2O2/c1-9-5-11(16-12(9)6-13)7-14(2)10-3-4-15-8-10/h5,10H,3-4,6-8,13H2,1-2H3. The molecule has 2 rings (SSSR count). The zero-order chi connectivity index (χ0) is 11.5. The fourth-order valence-corrected chi connectivity index (χ4v) is 2.12. The van der Waals surface area contributed by atoms with Crippen molar-refractivity contribution in [2.75, 3.05) is 20.3 Å². The summed E-state index contributed by atoms with van der Waals surface area (Å²) in [5, 5.41) is 0. The first kappa shape index (κ1) is 11.6. The van der Waals surface area contributed by atoms with Crippen molar-refractivity contribution in [2.45, 2.75) is 32.5 Å². The zero-order valence-electron chi connectivity index (χ0n) is 10.0. The molecule has 1 aliphatic heterocycles. The molecule has 1 fully saturated rings. The van der Waals surface area contributed by atoms with Gasteiger partial charge in [-0.3, -0.25) is 4.90 Å². The SMILES string of the molecule is Cc1cc(CN(C)C2CCOC2)oc1CN. The summed E-state index contributed by atoms with van der Waals surface area (Å²) < 4.78 is 11.1. The van der Waals surface area contributed by atoms with E-state index in [1.54, 1.807) is 0 Å². The topological polar surface area (TPSA) is 51.6 Å². The fraction of sp³-hybridized carbons (Fsp3) is 0.667. The third kappa shape index (κ3) is 2.45. The van der Waals surface area contributed by atoms with E-state index in [9.17, 15) is 0 Å². The zero-order valence-corrected chi connectivity index (χ0v) is 10.0. The number of nitrogens with zero attached hydrogens (tertiary/aromatic N) is 1. The van der Waals surface area contributed by atoms with E-state index in [1.807, 2.05) is 6.92 Å². The second kappa shape index (κ2) is 4.99. The molecule has 1 aromatic heterocycles. The average Bonchev–Trinajstić information content (AvgIpc) is 2.87. The van der Waals surface area contributed by atoms with E-state index in [0.29, 0.717) is 12.6 Å². The summed E-state index contributed by atoms with van der Waals surface area (Å²) in [7, 11) is 2.11. The first-order chi connectivity index (χ1) is 7.70. The molecule has 2 N–H and O–H groups in total. The minimum absolute atomic E-state index is 0.474. The van der Waals surface area contributed by atoms with Gasteiger partial charge in [0.15, 0.2) is 0 Å². The van der Waals surface area contributed by atoms with E-state index in [2.05, 4.69) is 18.0 Å². The highest BCUT2D eigenvalue weighted by Gasteiger charge is 2.21. The Bertz CT molecular complexity index is 343. The molecule has 16 heavy (non-hydrogen) atoms. The van der Waals surface area contributed by atoms with Crippen LogP contribution in [0.2, 0.25) is 0 Å². The molecular weight excluding hydrogens is 204 g/mol. The summed E-state index contributed by atoms with van der Waals surface area (Å²) in [6.45, 7) is 5.05. The maximum atomic E-state index is 5.69. The first-order valence-electron chi connectivity index (χ1n) is 5.77. The third-order valence-electron chi connectivity index (χ3n) is 3.19. The Morgan fingerprint density at radius 1 is 1.56 bits per heavy atom. The highest BCUT2D eigenvalue weighted by Crippen LogP contribution is 2.18. The van der Waals surface area contributed by atoms with Crippen molar-refractivity contribution in [1.29, 1.82) is 0 Å². The molecule has 0 aliphatic carbocycles. The van der Waals surface area contributed by atoms with Crippen LogP contribution in [0.25, 0.3) is 0 Å². The average molecular weight is 224 g/mol.